The first-order valence-electron chi connectivity index (χ1n) is 14.4. The summed E-state index contributed by atoms with van der Waals surface area (Å²) in [5.74, 6) is 1.08. The van der Waals surface area contributed by atoms with Crippen LogP contribution in [-0.4, -0.2) is 67.9 Å². The molecule has 2 amide bonds. The van der Waals surface area contributed by atoms with Crippen molar-refractivity contribution in [1.82, 2.24) is 25.1 Å². The highest BCUT2D eigenvalue weighted by Gasteiger charge is 2.35. The number of hydrogen-bond donors (Lipinski definition) is 0. The molecular formula is C28H41N5O5. The van der Waals surface area contributed by atoms with Crippen LogP contribution in [0.15, 0.2) is 15.1 Å². The lowest BCUT2D eigenvalue weighted by molar-refractivity contribution is 0.0202. The standard InChI is InChI=1S/C28H41N5O5/c1-28(2,3)36-27(35)32-16-14-19(15-17-32)24-29-25(38-31-24)22-18-23(37-30-22)26(34)33(20-10-6-4-7-11-20)21-12-8-5-9-13-21/h18-21H,4-17H2,1-3H3. The summed E-state index contributed by atoms with van der Waals surface area (Å²) in [6.07, 6.45) is 12.6. The Morgan fingerprint density at radius 2 is 1.50 bits per heavy atom. The fourth-order valence-corrected chi connectivity index (χ4v) is 6.10. The SMILES string of the molecule is CC(C)(C)OC(=O)N1CCC(c2noc(-c3cc(C(=O)N(C4CCCCC4)C4CCCCC4)on3)n2)CC1. The van der Waals surface area contributed by atoms with E-state index >= 15 is 0 Å². The van der Waals surface area contributed by atoms with Gasteiger partial charge < -0.3 is 23.6 Å². The fourth-order valence-electron chi connectivity index (χ4n) is 6.10. The van der Waals surface area contributed by atoms with E-state index in [0.29, 0.717) is 24.6 Å². The van der Waals surface area contributed by atoms with Crippen LogP contribution < -0.4 is 0 Å². The van der Waals surface area contributed by atoms with Crippen molar-refractivity contribution in [2.45, 2.75) is 121 Å². The lowest BCUT2D eigenvalue weighted by atomic mass is 9.88. The Balaban J connectivity index is 1.24. The quantitative estimate of drug-likeness (QED) is 0.469. The zero-order valence-electron chi connectivity index (χ0n) is 23.0. The summed E-state index contributed by atoms with van der Waals surface area (Å²) in [6.45, 7) is 6.75. The van der Waals surface area contributed by atoms with E-state index in [1.807, 2.05) is 20.8 Å². The minimum atomic E-state index is -0.516. The van der Waals surface area contributed by atoms with Crippen LogP contribution in [0.2, 0.25) is 0 Å². The third kappa shape index (κ3) is 6.21. The van der Waals surface area contributed by atoms with Crippen molar-refractivity contribution in [2.75, 3.05) is 13.1 Å². The highest BCUT2D eigenvalue weighted by atomic mass is 16.6. The number of carbonyl (C=O) groups excluding carboxylic acids is 2. The predicted molar refractivity (Wildman–Crippen MR) is 139 cm³/mol. The predicted octanol–water partition coefficient (Wildman–Crippen LogP) is 5.95. The fraction of sp³-hybridized carbons (Fsp3) is 0.750. The van der Waals surface area contributed by atoms with Crippen LogP contribution in [0.3, 0.4) is 0 Å². The summed E-state index contributed by atoms with van der Waals surface area (Å²) in [5, 5.41) is 8.30. The Labute approximate surface area is 224 Å². The van der Waals surface area contributed by atoms with Crippen LogP contribution >= 0.6 is 0 Å². The van der Waals surface area contributed by atoms with Crippen molar-refractivity contribution in [2.24, 2.45) is 0 Å². The normalized spacial score (nSPS) is 20.4. The van der Waals surface area contributed by atoms with Crippen molar-refractivity contribution in [3.05, 3.63) is 17.7 Å². The van der Waals surface area contributed by atoms with Gasteiger partial charge in [0.15, 0.2) is 11.5 Å². The first-order chi connectivity index (χ1) is 18.3. The summed E-state index contributed by atoms with van der Waals surface area (Å²) in [5.41, 5.74) is -0.136. The molecule has 0 N–H and O–H groups in total. The summed E-state index contributed by atoms with van der Waals surface area (Å²) >= 11 is 0. The number of hydrogen-bond acceptors (Lipinski definition) is 8. The van der Waals surface area contributed by atoms with Gasteiger partial charge in [-0.3, -0.25) is 4.79 Å². The summed E-state index contributed by atoms with van der Waals surface area (Å²) in [7, 11) is 0. The molecular weight excluding hydrogens is 486 g/mol. The molecule has 10 heteroatoms. The van der Waals surface area contributed by atoms with Crippen molar-refractivity contribution < 1.29 is 23.4 Å². The molecule has 3 fully saturated rings. The molecule has 10 nitrogen and oxygen atoms in total. The first kappa shape index (κ1) is 26.7. The number of nitrogens with zero attached hydrogens (tertiary/aromatic N) is 5. The number of amides is 2. The molecule has 0 unspecified atom stereocenters. The van der Waals surface area contributed by atoms with E-state index in [-0.39, 0.29) is 41.7 Å². The summed E-state index contributed by atoms with van der Waals surface area (Å²) in [4.78, 5) is 34.5. The van der Waals surface area contributed by atoms with Crippen LogP contribution in [0.4, 0.5) is 4.79 Å². The Kier molecular flexibility index (Phi) is 8.04. The number of likely N-dealkylation sites (tertiary alicyclic amines) is 1. The average molecular weight is 528 g/mol. The number of aromatic nitrogens is 3. The highest BCUT2D eigenvalue weighted by molar-refractivity contribution is 5.92. The Bertz CT molecular complexity index is 1070. The molecule has 3 heterocycles. The molecule has 2 aromatic rings. The van der Waals surface area contributed by atoms with E-state index in [1.54, 1.807) is 11.0 Å². The van der Waals surface area contributed by atoms with Crippen LogP contribution in [0.1, 0.15) is 120 Å². The molecule has 1 aliphatic heterocycles. The second kappa shape index (κ2) is 11.5. The van der Waals surface area contributed by atoms with Crippen LogP contribution in [-0.2, 0) is 4.74 Å². The van der Waals surface area contributed by atoms with E-state index in [1.165, 1.54) is 38.5 Å². The maximum absolute atomic E-state index is 13.7. The maximum atomic E-state index is 13.7. The van der Waals surface area contributed by atoms with Gasteiger partial charge in [-0.1, -0.05) is 48.8 Å². The van der Waals surface area contributed by atoms with E-state index in [9.17, 15) is 9.59 Å². The van der Waals surface area contributed by atoms with Gasteiger partial charge >= 0.3 is 6.09 Å². The smallest absolute Gasteiger partial charge is 0.410 e. The van der Waals surface area contributed by atoms with Crippen molar-refractivity contribution in [1.29, 1.82) is 0 Å². The number of ether oxygens (including phenoxy) is 1. The second-order valence-electron chi connectivity index (χ2n) is 12.1. The number of piperidine rings is 1. The largest absolute Gasteiger partial charge is 0.444 e. The molecule has 0 atom stereocenters. The van der Waals surface area contributed by atoms with Gasteiger partial charge in [-0.15, -0.1) is 0 Å². The molecule has 0 aromatic carbocycles. The molecule has 208 valence electrons. The van der Waals surface area contributed by atoms with Gasteiger partial charge in [0.2, 0.25) is 5.76 Å². The van der Waals surface area contributed by atoms with Gasteiger partial charge in [-0.25, -0.2) is 4.79 Å². The molecule has 2 saturated carbocycles. The maximum Gasteiger partial charge on any atom is 0.410 e. The molecule has 1 saturated heterocycles. The monoisotopic (exact) mass is 527 g/mol. The molecule has 3 aliphatic rings. The minimum Gasteiger partial charge on any atom is -0.444 e. The zero-order chi connectivity index (χ0) is 26.7. The molecule has 38 heavy (non-hydrogen) atoms. The van der Waals surface area contributed by atoms with Gasteiger partial charge in [0.05, 0.1) is 0 Å². The third-order valence-corrected chi connectivity index (χ3v) is 8.06. The topological polar surface area (TPSA) is 115 Å². The zero-order valence-corrected chi connectivity index (χ0v) is 23.0. The summed E-state index contributed by atoms with van der Waals surface area (Å²) in [6, 6.07) is 2.19. The van der Waals surface area contributed by atoms with E-state index in [4.69, 9.17) is 13.8 Å². The molecule has 2 aliphatic carbocycles. The van der Waals surface area contributed by atoms with Gasteiger partial charge in [0, 0.05) is 37.2 Å². The molecule has 2 aromatic heterocycles. The Morgan fingerprint density at radius 3 is 2.08 bits per heavy atom. The first-order valence-corrected chi connectivity index (χ1v) is 14.4. The van der Waals surface area contributed by atoms with Crippen molar-refractivity contribution in [3.8, 4) is 11.6 Å². The number of rotatable bonds is 5. The van der Waals surface area contributed by atoms with Crippen molar-refractivity contribution >= 4 is 12.0 Å². The molecule has 5 rings (SSSR count). The minimum absolute atomic E-state index is 0.0724. The van der Waals surface area contributed by atoms with Gasteiger partial charge in [0.1, 0.15) is 5.60 Å². The van der Waals surface area contributed by atoms with Gasteiger partial charge in [-0.2, -0.15) is 4.98 Å². The van der Waals surface area contributed by atoms with E-state index < -0.39 is 5.60 Å². The van der Waals surface area contributed by atoms with Crippen LogP contribution in [0.5, 0.6) is 0 Å². The number of carbonyl (C=O) groups is 2. The molecule has 0 radical (unpaired) electrons. The Hall–Kier alpha value is -2.91. The van der Waals surface area contributed by atoms with Crippen LogP contribution in [0, 0.1) is 0 Å². The molecule has 0 bridgehead atoms. The van der Waals surface area contributed by atoms with Crippen LogP contribution in [0.25, 0.3) is 11.6 Å². The Morgan fingerprint density at radius 1 is 0.895 bits per heavy atom. The lowest BCUT2D eigenvalue weighted by Gasteiger charge is -2.41. The van der Waals surface area contributed by atoms with E-state index in [2.05, 4.69) is 20.2 Å². The van der Waals surface area contributed by atoms with Gasteiger partial charge in [-0.05, 0) is 59.3 Å². The summed E-state index contributed by atoms with van der Waals surface area (Å²) < 4.78 is 16.6. The van der Waals surface area contributed by atoms with Crippen molar-refractivity contribution in [3.63, 3.8) is 0 Å². The van der Waals surface area contributed by atoms with E-state index in [0.717, 1.165) is 38.5 Å². The highest BCUT2D eigenvalue weighted by Crippen LogP contribution is 2.33. The lowest BCUT2D eigenvalue weighted by Crippen LogP contribution is -2.48. The third-order valence-electron chi connectivity index (χ3n) is 8.06. The molecule has 0 spiro atoms. The average Bonchev–Trinajstić information content (AvgIpc) is 3.60. The second-order valence-corrected chi connectivity index (χ2v) is 12.1. The van der Waals surface area contributed by atoms with Gasteiger partial charge in [0.25, 0.3) is 11.8 Å².